The molecule has 2 amide bonds. The van der Waals surface area contributed by atoms with Gasteiger partial charge in [-0.3, -0.25) is 19.5 Å². The molecule has 0 radical (unpaired) electrons. The Kier molecular flexibility index (Phi) is 7.33. The number of carbonyl (C=O) groups is 3. The summed E-state index contributed by atoms with van der Waals surface area (Å²) in [5, 5.41) is 10.1. The summed E-state index contributed by atoms with van der Waals surface area (Å²) in [6, 6.07) is 5.26. The van der Waals surface area contributed by atoms with Crippen molar-refractivity contribution in [1.82, 2.24) is 30.4 Å². The Bertz CT molecular complexity index is 1370. The van der Waals surface area contributed by atoms with Crippen LogP contribution in [-0.2, 0) is 10.2 Å². The van der Waals surface area contributed by atoms with Crippen LogP contribution in [0.3, 0.4) is 0 Å². The lowest BCUT2D eigenvalue weighted by Gasteiger charge is -2.41. The van der Waals surface area contributed by atoms with Crippen LogP contribution in [0.25, 0.3) is 10.9 Å². The highest BCUT2D eigenvalue weighted by atomic mass is 16.5. The summed E-state index contributed by atoms with van der Waals surface area (Å²) in [4.78, 5) is 47.9. The molecule has 0 spiro atoms. The molecule has 2 atom stereocenters. The third-order valence-electron chi connectivity index (χ3n) is 7.32. The molecule has 1 aromatic carbocycles. The number of carbonyl (C=O) groups excluding carboxylic acids is 3. The Balaban J connectivity index is 0.00000164. The molecular formula is C27H37N7O4. The van der Waals surface area contributed by atoms with Gasteiger partial charge in [0, 0.05) is 42.7 Å². The minimum atomic E-state index is -0.616. The van der Waals surface area contributed by atoms with Crippen molar-refractivity contribution in [3.05, 3.63) is 40.8 Å². The summed E-state index contributed by atoms with van der Waals surface area (Å²) in [5.74, 6) is -0.396. The number of ketones is 1. The molecule has 1 fully saturated rings. The number of H-pyrrole nitrogens is 2. The minimum Gasteiger partial charge on any atom is -0.384 e. The molecule has 3 aromatic rings. The Morgan fingerprint density at radius 2 is 2.00 bits per heavy atom. The molecule has 38 heavy (non-hydrogen) atoms. The second-order valence-corrected chi connectivity index (χ2v) is 10.8. The zero-order chi connectivity index (χ0) is 27.8. The standard InChI is InChI=1S/C25H31N7O4.C2H6/c1-24(2)11-25(3,12-36-4)19(33)18-17(24)15-9-13(5-6-16(15)28-18)21(34)27-14-7-8-32(10-14)22(35)20-29-23(26)31-30-20;1-2/h5-6,9,14,28H,7-8,10-12H2,1-4H3,(H,27,34)(H3,26,29,30,31);1-2H3. The predicted octanol–water partition coefficient (Wildman–Crippen LogP) is 3.06. The maximum absolute atomic E-state index is 13.4. The van der Waals surface area contributed by atoms with E-state index in [-0.39, 0.29) is 40.8 Å². The molecule has 2 aliphatic rings. The van der Waals surface area contributed by atoms with Gasteiger partial charge < -0.3 is 25.7 Å². The normalized spacial score (nSPS) is 22.1. The third kappa shape index (κ3) is 4.78. The summed E-state index contributed by atoms with van der Waals surface area (Å²) in [5.41, 5.74) is 7.44. The monoisotopic (exact) mass is 523 g/mol. The summed E-state index contributed by atoms with van der Waals surface area (Å²) in [6.45, 7) is 11.4. The smallest absolute Gasteiger partial charge is 0.291 e. The number of aromatic amines is 2. The van der Waals surface area contributed by atoms with Gasteiger partial charge in [-0.05, 0) is 48.9 Å². The van der Waals surface area contributed by atoms with Gasteiger partial charge in [0.2, 0.25) is 11.8 Å². The zero-order valence-corrected chi connectivity index (χ0v) is 22.9. The Morgan fingerprint density at radius 3 is 2.66 bits per heavy atom. The molecule has 5 rings (SSSR count). The van der Waals surface area contributed by atoms with E-state index >= 15 is 0 Å². The van der Waals surface area contributed by atoms with Crippen LogP contribution in [0.4, 0.5) is 5.95 Å². The number of ether oxygens (including phenoxy) is 1. The van der Waals surface area contributed by atoms with Crippen LogP contribution < -0.4 is 11.1 Å². The van der Waals surface area contributed by atoms with Gasteiger partial charge in [0.1, 0.15) is 0 Å². The number of nitrogens with zero attached hydrogens (tertiary/aromatic N) is 3. The van der Waals surface area contributed by atoms with E-state index in [1.807, 2.05) is 32.9 Å². The number of rotatable bonds is 5. The second kappa shape index (κ2) is 10.2. The number of methoxy groups -OCH3 is 1. The molecule has 3 heterocycles. The molecule has 0 saturated carbocycles. The number of amides is 2. The summed E-state index contributed by atoms with van der Waals surface area (Å²) in [6.07, 6.45) is 1.27. The number of aromatic nitrogens is 4. The fraction of sp³-hybridized carbons (Fsp3) is 0.519. The number of likely N-dealkylation sites (tertiary alicyclic amines) is 1. The van der Waals surface area contributed by atoms with Crippen molar-refractivity contribution in [2.45, 2.75) is 58.9 Å². The molecule has 2 unspecified atom stereocenters. The number of hydrogen-bond donors (Lipinski definition) is 4. The van der Waals surface area contributed by atoms with Gasteiger partial charge in [0.15, 0.2) is 5.78 Å². The van der Waals surface area contributed by atoms with E-state index in [1.165, 1.54) is 0 Å². The lowest BCUT2D eigenvalue weighted by Crippen LogP contribution is -2.44. The average Bonchev–Trinajstić information content (AvgIpc) is 3.61. The van der Waals surface area contributed by atoms with Crippen molar-refractivity contribution in [3.63, 3.8) is 0 Å². The second-order valence-electron chi connectivity index (χ2n) is 10.8. The highest BCUT2D eigenvalue weighted by molar-refractivity contribution is 6.08. The number of hydrogen-bond acceptors (Lipinski definition) is 7. The summed E-state index contributed by atoms with van der Waals surface area (Å²) >= 11 is 0. The first-order valence-corrected chi connectivity index (χ1v) is 13.0. The first kappa shape index (κ1) is 27.3. The van der Waals surface area contributed by atoms with Crippen LogP contribution in [0.1, 0.15) is 84.5 Å². The van der Waals surface area contributed by atoms with Gasteiger partial charge in [-0.15, -0.1) is 5.10 Å². The average molecular weight is 524 g/mol. The highest BCUT2D eigenvalue weighted by Gasteiger charge is 2.48. The highest BCUT2D eigenvalue weighted by Crippen LogP contribution is 2.48. The van der Waals surface area contributed by atoms with Crippen LogP contribution >= 0.6 is 0 Å². The topological polar surface area (TPSA) is 159 Å². The lowest BCUT2D eigenvalue weighted by molar-refractivity contribution is 0.0439. The van der Waals surface area contributed by atoms with Gasteiger partial charge in [0.05, 0.1) is 17.7 Å². The molecule has 11 heteroatoms. The molecule has 1 saturated heterocycles. The van der Waals surface area contributed by atoms with Gasteiger partial charge in [-0.2, -0.15) is 4.98 Å². The molecular weight excluding hydrogens is 486 g/mol. The fourth-order valence-electron chi connectivity index (χ4n) is 5.94. The van der Waals surface area contributed by atoms with Crippen molar-refractivity contribution >= 4 is 34.4 Å². The molecule has 11 nitrogen and oxygen atoms in total. The molecule has 204 valence electrons. The van der Waals surface area contributed by atoms with E-state index in [2.05, 4.69) is 39.3 Å². The van der Waals surface area contributed by atoms with Crippen LogP contribution in [0.5, 0.6) is 0 Å². The molecule has 0 bridgehead atoms. The van der Waals surface area contributed by atoms with Crippen LogP contribution in [-0.4, -0.2) is 75.5 Å². The number of Topliss-reactive ketones (excluding diaryl/α,β-unsaturated/α-hetero) is 1. The number of nitrogens with two attached hydrogens (primary N) is 1. The molecule has 5 N–H and O–H groups in total. The SMILES string of the molecule is CC.COCC1(C)CC(C)(C)c2c([nH]c3ccc(C(=O)NC4CCN(C(=O)c5nc(N)n[nH]5)C4)cc23)C1=O. The van der Waals surface area contributed by atoms with E-state index in [1.54, 1.807) is 18.1 Å². The number of nitrogen functional groups attached to an aromatic ring is 1. The number of benzene rings is 1. The van der Waals surface area contributed by atoms with Gasteiger partial charge in [-0.25, -0.2) is 0 Å². The van der Waals surface area contributed by atoms with E-state index in [0.717, 1.165) is 16.5 Å². The molecule has 1 aliphatic heterocycles. The zero-order valence-electron chi connectivity index (χ0n) is 22.9. The summed E-state index contributed by atoms with van der Waals surface area (Å²) < 4.78 is 5.37. The van der Waals surface area contributed by atoms with Gasteiger partial charge in [0.25, 0.3) is 11.8 Å². The van der Waals surface area contributed by atoms with Crippen LogP contribution in [0.2, 0.25) is 0 Å². The van der Waals surface area contributed by atoms with Crippen molar-refractivity contribution in [3.8, 4) is 0 Å². The van der Waals surface area contributed by atoms with Crippen LogP contribution in [0.15, 0.2) is 18.2 Å². The Morgan fingerprint density at radius 1 is 1.26 bits per heavy atom. The minimum absolute atomic E-state index is 0.0120. The molecule has 1 aliphatic carbocycles. The maximum atomic E-state index is 13.4. The third-order valence-corrected chi connectivity index (χ3v) is 7.32. The number of anilines is 1. The molecule has 2 aromatic heterocycles. The van der Waals surface area contributed by atoms with Crippen molar-refractivity contribution in [2.24, 2.45) is 5.41 Å². The van der Waals surface area contributed by atoms with Gasteiger partial charge >= 0.3 is 0 Å². The number of fused-ring (bicyclic) bond motifs is 3. The maximum Gasteiger partial charge on any atom is 0.291 e. The van der Waals surface area contributed by atoms with Crippen LogP contribution in [0, 0.1) is 5.41 Å². The van der Waals surface area contributed by atoms with Crippen molar-refractivity contribution in [1.29, 1.82) is 0 Å². The first-order valence-electron chi connectivity index (χ1n) is 13.0. The lowest BCUT2D eigenvalue weighted by atomic mass is 9.62. The first-order chi connectivity index (χ1) is 18.0. The van der Waals surface area contributed by atoms with E-state index in [0.29, 0.717) is 43.8 Å². The largest absolute Gasteiger partial charge is 0.384 e. The fourth-order valence-corrected chi connectivity index (χ4v) is 5.94. The quantitative estimate of drug-likeness (QED) is 0.400. The van der Waals surface area contributed by atoms with Gasteiger partial charge in [-0.1, -0.05) is 27.7 Å². The van der Waals surface area contributed by atoms with Crippen molar-refractivity contribution in [2.75, 3.05) is 32.5 Å². The Labute approximate surface area is 221 Å². The Hall–Kier alpha value is -3.73. The van der Waals surface area contributed by atoms with E-state index in [4.69, 9.17) is 10.5 Å². The summed E-state index contributed by atoms with van der Waals surface area (Å²) in [7, 11) is 1.61. The van der Waals surface area contributed by atoms with E-state index < -0.39 is 5.41 Å². The number of nitrogens with one attached hydrogen (secondary N) is 3. The van der Waals surface area contributed by atoms with E-state index in [9.17, 15) is 14.4 Å². The van der Waals surface area contributed by atoms with Crippen molar-refractivity contribution < 1.29 is 19.1 Å². The predicted molar refractivity (Wildman–Crippen MR) is 144 cm³/mol.